The summed E-state index contributed by atoms with van der Waals surface area (Å²) in [6.45, 7) is -0.390. The number of halogens is 4. The zero-order valence-corrected chi connectivity index (χ0v) is 16.9. The van der Waals surface area contributed by atoms with Crippen molar-refractivity contribution in [3.63, 3.8) is 0 Å². The molecule has 1 atom stereocenters. The monoisotopic (exact) mass is 445 g/mol. The lowest BCUT2D eigenvalue weighted by Gasteiger charge is -2.46. The molecule has 0 unspecified atom stereocenters. The van der Waals surface area contributed by atoms with Gasteiger partial charge in [0, 0.05) is 6.54 Å². The van der Waals surface area contributed by atoms with Crippen molar-refractivity contribution in [1.29, 1.82) is 5.26 Å². The smallest absolute Gasteiger partial charge is 0.324 e. The Labute approximate surface area is 181 Å². The van der Waals surface area contributed by atoms with Gasteiger partial charge in [0.1, 0.15) is 18.4 Å². The molecule has 4 rings (SSSR count). The predicted octanol–water partition coefficient (Wildman–Crippen LogP) is 4.26. The molecular weight excluding hydrogens is 426 g/mol. The van der Waals surface area contributed by atoms with Gasteiger partial charge < -0.3 is 4.90 Å². The van der Waals surface area contributed by atoms with Gasteiger partial charge in [-0.25, -0.2) is 4.39 Å². The molecule has 2 aliphatic rings. The Hall–Kier alpha value is -3.41. The second-order valence-corrected chi connectivity index (χ2v) is 8.05. The van der Waals surface area contributed by atoms with Crippen LogP contribution in [0.1, 0.15) is 36.0 Å². The fourth-order valence-corrected chi connectivity index (χ4v) is 4.15. The fraction of sp³-hybridized carbons (Fsp3) is 0.348. The van der Waals surface area contributed by atoms with Crippen molar-refractivity contribution in [2.24, 2.45) is 5.92 Å². The number of carbonyl (C=O) groups excluding carboxylic acids is 2. The molecule has 9 heteroatoms. The van der Waals surface area contributed by atoms with Crippen LogP contribution in [0.4, 0.5) is 23.2 Å². The van der Waals surface area contributed by atoms with Gasteiger partial charge in [0.05, 0.1) is 22.9 Å². The summed E-state index contributed by atoms with van der Waals surface area (Å²) in [5.74, 6) is -1.70. The highest BCUT2D eigenvalue weighted by atomic mass is 19.4. The van der Waals surface area contributed by atoms with Gasteiger partial charge in [0.2, 0.25) is 5.91 Å². The molecule has 0 bridgehead atoms. The molecule has 166 valence electrons. The molecule has 5 nitrogen and oxygen atoms in total. The molecule has 1 aliphatic heterocycles. The van der Waals surface area contributed by atoms with Crippen molar-refractivity contribution >= 4 is 17.5 Å². The van der Waals surface area contributed by atoms with Crippen molar-refractivity contribution in [3.05, 3.63) is 65.0 Å². The number of rotatable bonds is 4. The van der Waals surface area contributed by atoms with Crippen LogP contribution in [-0.2, 0) is 22.3 Å². The Morgan fingerprint density at radius 3 is 2.28 bits per heavy atom. The SMILES string of the molecule is N#Cc1ccc(N2CC(=O)N(Cc3ccc(C(F)(F)F)cc3)[C@H](C3CCC3)C2=O)c(F)c1. The number of anilines is 1. The van der Waals surface area contributed by atoms with Crippen molar-refractivity contribution in [3.8, 4) is 6.07 Å². The zero-order chi connectivity index (χ0) is 23.0. The average Bonchev–Trinajstić information content (AvgIpc) is 2.71. The molecular formula is C23H19F4N3O2. The molecule has 2 aromatic rings. The first-order valence-corrected chi connectivity index (χ1v) is 10.2. The highest BCUT2D eigenvalue weighted by Crippen LogP contribution is 2.37. The Morgan fingerprint density at radius 1 is 1.06 bits per heavy atom. The van der Waals surface area contributed by atoms with Crippen molar-refractivity contribution in [1.82, 2.24) is 4.90 Å². The van der Waals surface area contributed by atoms with Crippen LogP contribution in [0, 0.1) is 23.1 Å². The molecule has 32 heavy (non-hydrogen) atoms. The summed E-state index contributed by atoms with van der Waals surface area (Å²) in [4.78, 5) is 28.9. The minimum absolute atomic E-state index is 0.00638. The average molecular weight is 445 g/mol. The van der Waals surface area contributed by atoms with Crippen molar-refractivity contribution < 1.29 is 27.2 Å². The highest BCUT2D eigenvalue weighted by Gasteiger charge is 2.46. The lowest BCUT2D eigenvalue weighted by Crippen LogP contribution is -2.63. The molecule has 2 amide bonds. The zero-order valence-electron chi connectivity index (χ0n) is 16.9. The van der Waals surface area contributed by atoms with Crippen LogP contribution < -0.4 is 4.90 Å². The van der Waals surface area contributed by atoms with Crippen LogP contribution >= 0.6 is 0 Å². The molecule has 1 aliphatic carbocycles. The van der Waals surface area contributed by atoms with Crippen LogP contribution in [0.3, 0.4) is 0 Å². The van der Waals surface area contributed by atoms with Crippen LogP contribution in [-0.4, -0.2) is 29.3 Å². The van der Waals surface area contributed by atoms with Gasteiger partial charge in [0.15, 0.2) is 0 Å². The Balaban J connectivity index is 1.61. The van der Waals surface area contributed by atoms with E-state index in [1.54, 1.807) is 0 Å². The van der Waals surface area contributed by atoms with E-state index in [-0.39, 0.29) is 30.3 Å². The molecule has 2 aromatic carbocycles. The van der Waals surface area contributed by atoms with Gasteiger partial charge in [-0.15, -0.1) is 0 Å². The quantitative estimate of drug-likeness (QED) is 0.661. The first-order chi connectivity index (χ1) is 15.2. The number of piperazine rings is 1. The normalized spacial score (nSPS) is 19.7. The Kier molecular flexibility index (Phi) is 5.63. The number of hydrogen-bond donors (Lipinski definition) is 0. The number of carbonyl (C=O) groups is 2. The van der Waals surface area contributed by atoms with E-state index >= 15 is 0 Å². The molecule has 1 heterocycles. The van der Waals surface area contributed by atoms with E-state index in [2.05, 4.69) is 0 Å². The van der Waals surface area contributed by atoms with E-state index in [4.69, 9.17) is 5.26 Å². The van der Waals surface area contributed by atoms with Crippen LogP contribution in [0.2, 0.25) is 0 Å². The standard InChI is InChI=1S/C23H19F4N3O2/c24-18-10-15(11-28)6-9-19(18)29-13-20(31)30(21(22(29)32)16-2-1-3-16)12-14-4-7-17(8-5-14)23(25,26)27/h4-10,16,21H,1-3,12-13H2/t21-/m1/s1. The predicted molar refractivity (Wildman–Crippen MR) is 107 cm³/mol. The highest BCUT2D eigenvalue weighted by molar-refractivity contribution is 6.06. The number of benzene rings is 2. The van der Waals surface area contributed by atoms with Gasteiger partial charge in [0.25, 0.3) is 5.91 Å². The van der Waals surface area contributed by atoms with E-state index < -0.39 is 35.4 Å². The minimum atomic E-state index is -4.46. The number of nitriles is 1. The van der Waals surface area contributed by atoms with E-state index in [0.29, 0.717) is 5.56 Å². The van der Waals surface area contributed by atoms with E-state index in [1.807, 2.05) is 6.07 Å². The maximum absolute atomic E-state index is 14.6. The third-order valence-corrected chi connectivity index (χ3v) is 6.07. The maximum atomic E-state index is 14.6. The number of alkyl halides is 3. The van der Waals surface area contributed by atoms with Crippen LogP contribution in [0.5, 0.6) is 0 Å². The molecule has 0 radical (unpaired) electrons. The molecule has 1 saturated heterocycles. The number of amides is 2. The molecule has 0 spiro atoms. The summed E-state index contributed by atoms with van der Waals surface area (Å²) in [5.41, 5.74) is -0.288. The van der Waals surface area contributed by atoms with Crippen molar-refractivity contribution in [2.75, 3.05) is 11.4 Å². The van der Waals surface area contributed by atoms with E-state index in [9.17, 15) is 27.2 Å². The summed E-state index contributed by atoms with van der Waals surface area (Å²) >= 11 is 0. The largest absolute Gasteiger partial charge is 0.416 e. The Morgan fingerprint density at radius 2 is 1.75 bits per heavy atom. The second-order valence-electron chi connectivity index (χ2n) is 8.05. The lowest BCUT2D eigenvalue weighted by molar-refractivity contribution is -0.147. The minimum Gasteiger partial charge on any atom is -0.324 e. The van der Waals surface area contributed by atoms with Gasteiger partial charge >= 0.3 is 6.18 Å². The van der Waals surface area contributed by atoms with Crippen LogP contribution in [0.15, 0.2) is 42.5 Å². The molecule has 1 saturated carbocycles. The molecule has 0 N–H and O–H groups in total. The first kappa shape index (κ1) is 21.8. The van der Waals surface area contributed by atoms with E-state index in [0.717, 1.165) is 42.4 Å². The summed E-state index contributed by atoms with van der Waals surface area (Å²) in [6.07, 6.45) is -2.09. The number of hydrogen-bond acceptors (Lipinski definition) is 3. The van der Waals surface area contributed by atoms with Crippen molar-refractivity contribution in [2.45, 2.75) is 38.0 Å². The summed E-state index contributed by atoms with van der Waals surface area (Å²) in [5, 5.41) is 8.93. The van der Waals surface area contributed by atoms with Gasteiger partial charge in [-0.2, -0.15) is 18.4 Å². The third kappa shape index (κ3) is 4.05. The van der Waals surface area contributed by atoms with E-state index in [1.165, 1.54) is 29.2 Å². The summed E-state index contributed by atoms with van der Waals surface area (Å²) < 4.78 is 53.1. The summed E-state index contributed by atoms with van der Waals surface area (Å²) in [6, 6.07) is 9.19. The third-order valence-electron chi connectivity index (χ3n) is 6.07. The van der Waals surface area contributed by atoms with Crippen LogP contribution in [0.25, 0.3) is 0 Å². The lowest BCUT2D eigenvalue weighted by atomic mass is 9.77. The van der Waals surface area contributed by atoms with Gasteiger partial charge in [-0.1, -0.05) is 18.6 Å². The maximum Gasteiger partial charge on any atom is 0.416 e. The topological polar surface area (TPSA) is 64.4 Å². The molecule has 0 aromatic heterocycles. The van der Waals surface area contributed by atoms with Gasteiger partial charge in [-0.05, 0) is 54.7 Å². The fourth-order valence-electron chi connectivity index (χ4n) is 4.15. The Bertz CT molecular complexity index is 1090. The first-order valence-electron chi connectivity index (χ1n) is 10.2. The number of nitrogens with zero attached hydrogens (tertiary/aromatic N) is 3. The summed E-state index contributed by atoms with van der Waals surface area (Å²) in [7, 11) is 0. The molecule has 2 fully saturated rings. The van der Waals surface area contributed by atoms with Gasteiger partial charge in [-0.3, -0.25) is 14.5 Å². The second kappa shape index (κ2) is 8.26.